The Labute approximate surface area is 306 Å². The molecule has 0 fully saturated rings. The van der Waals surface area contributed by atoms with Crippen LogP contribution in [0, 0.1) is 0 Å². The van der Waals surface area contributed by atoms with Crippen LogP contribution in [0.3, 0.4) is 0 Å². The quantitative estimate of drug-likeness (QED) is 0.168. The Hall–Kier alpha value is -7.31. The van der Waals surface area contributed by atoms with Gasteiger partial charge in [-0.05, 0) is 103 Å². The van der Waals surface area contributed by atoms with Crippen molar-refractivity contribution in [2.24, 2.45) is 0 Å². The molecule has 0 saturated heterocycles. The zero-order valence-electron chi connectivity index (χ0n) is 28.7. The lowest BCUT2D eigenvalue weighted by Gasteiger charge is -2.26. The zero-order chi connectivity index (χ0) is 35.1. The van der Waals surface area contributed by atoms with E-state index in [1.807, 2.05) is 30.5 Å². The Morgan fingerprint density at radius 1 is 0.434 bits per heavy atom. The van der Waals surface area contributed by atoms with Crippen LogP contribution in [0.15, 0.2) is 195 Å². The number of pyridine rings is 1. The maximum Gasteiger partial charge on any atom is 0.159 e. The minimum atomic E-state index is 0.701. The lowest BCUT2D eigenvalue weighted by atomic mass is 10.1. The van der Waals surface area contributed by atoms with Crippen molar-refractivity contribution >= 4 is 49.8 Å². The second kappa shape index (κ2) is 12.8. The van der Waals surface area contributed by atoms with Gasteiger partial charge in [0.05, 0.1) is 22.2 Å². The number of rotatable bonds is 7. The van der Waals surface area contributed by atoms with Gasteiger partial charge in [0.15, 0.2) is 5.82 Å². The molecule has 4 heterocycles. The molecule has 6 nitrogen and oxygen atoms in total. The minimum Gasteiger partial charge on any atom is -0.315 e. The summed E-state index contributed by atoms with van der Waals surface area (Å²) in [5.41, 5.74) is 11.8. The molecule has 0 aliphatic rings. The highest BCUT2D eigenvalue weighted by Gasteiger charge is 2.21. The fourth-order valence-electron chi connectivity index (χ4n) is 7.47. The van der Waals surface area contributed by atoms with Crippen LogP contribution in [0.4, 0.5) is 17.1 Å². The van der Waals surface area contributed by atoms with Gasteiger partial charge in [0.2, 0.25) is 0 Å². The Balaban J connectivity index is 1.19. The predicted octanol–water partition coefficient (Wildman–Crippen LogP) is 11.7. The molecule has 0 amide bonds. The summed E-state index contributed by atoms with van der Waals surface area (Å²) < 4.78 is 4.72. The third-order valence-electron chi connectivity index (χ3n) is 9.90. The molecule has 6 heteroatoms. The van der Waals surface area contributed by atoms with Crippen molar-refractivity contribution in [2.45, 2.75) is 0 Å². The van der Waals surface area contributed by atoms with Gasteiger partial charge in [-0.1, -0.05) is 66.7 Å². The molecular weight excluding hydrogens is 649 g/mol. The molecule has 6 aromatic carbocycles. The van der Waals surface area contributed by atoms with E-state index in [0.717, 1.165) is 50.8 Å². The summed E-state index contributed by atoms with van der Waals surface area (Å²) in [6.45, 7) is 0. The van der Waals surface area contributed by atoms with Crippen molar-refractivity contribution < 1.29 is 0 Å². The van der Waals surface area contributed by atoms with Crippen LogP contribution >= 0.6 is 0 Å². The molecule has 0 unspecified atom stereocenters. The van der Waals surface area contributed by atoms with Crippen molar-refractivity contribution in [3.05, 3.63) is 195 Å². The van der Waals surface area contributed by atoms with Crippen LogP contribution in [0.1, 0.15) is 0 Å². The molecule has 0 bridgehead atoms. The summed E-state index contributed by atoms with van der Waals surface area (Å²) in [4.78, 5) is 15.9. The third-order valence-corrected chi connectivity index (χ3v) is 9.90. The molecule has 0 aliphatic carbocycles. The summed E-state index contributed by atoms with van der Waals surface area (Å²) in [5.74, 6) is 0.701. The molecule has 0 spiro atoms. The number of fused-ring (bicyclic) bond motifs is 5. The van der Waals surface area contributed by atoms with Crippen LogP contribution in [0.25, 0.3) is 66.7 Å². The molecule has 0 atom stereocenters. The second-order valence-electron chi connectivity index (χ2n) is 13.0. The molecule has 4 aromatic heterocycles. The van der Waals surface area contributed by atoms with Crippen molar-refractivity contribution in [3.63, 3.8) is 0 Å². The number of hydrogen-bond acceptors (Lipinski definition) is 4. The van der Waals surface area contributed by atoms with Crippen LogP contribution in [0.5, 0.6) is 0 Å². The van der Waals surface area contributed by atoms with Crippen LogP contribution < -0.4 is 4.90 Å². The number of hydrogen-bond donors (Lipinski definition) is 0. The fraction of sp³-hybridized carbons (Fsp3) is 0. The van der Waals surface area contributed by atoms with Crippen LogP contribution in [-0.4, -0.2) is 24.1 Å². The first-order valence-corrected chi connectivity index (χ1v) is 17.7. The van der Waals surface area contributed by atoms with Gasteiger partial charge in [0.1, 0.15) is 0 Å². The third kappa shape index (κ3) is 5.32. The molecular formula is C47H32N6. The molecule has 0 saturated carbocycles. The van der Waals surface area contributed by atoms with Gasteiger partial charge >= 0.3 is 0 Å². The van der Waals surface area contributed by atoms with Crippen LogP contribution in [-0.2, 0) is 0 Å². The van der Waals surface area contributed by atoms with E-state index < -0.39 is 0 Å². The molecule has 53 heavy (non-hydrogen) atoms. The van der Waals surface area contributed by atoms with E-state index in [9.17, 15) is 0 Å². The maximum atomic E-state index is 4.58. The standard InChI is InChI=1S/C47H32N6/c1-3-10-36(11-4-1)51-31-27-34-19-25-41-42-32-40(24-26-44(42)53(46(41)45(34)51)37-12-5-2-6-13-37)52(38-20-15-33(16-21-38)43-14-7-8-28-48-43)39-22-17-35(18-23-39)47-49-29-9-30-50-47/h1-32H. The van der Waals surface area contributed by atoms with E-state index in [0.29, 0.717) is 5.82 Å². The minimum absolute atomic E-state index is 0.701. The first-order chi connectivity index (χ1) is 26.3. The van der Waals surface area contributed by atoms with E-state index >= 15 is 0 Å². The first-order valence-electron chi connectivity index (χ1n) is 17.7. The van der Waals surface area contributed by atoms with Gasteiger partial charge in [-0.2, -0.15) is 0 Å². The van der Waals surface area contributed by atoms with Gasteiger partial charge in [-0.15, -0.1) is 0 Å². The average Bonchev–Trinajstić information content (AvgIpc) is 3.82. The van der Waals surface area contributed by atoms with Gasteiger partial charge in [-0.3, -0.25) is 4.98 Å². The van der Waals surface area contributed by atoms with E-state index in [-0.39, 0.29) is 0 Å². The van der Waals surface area contributed by atoms with Crippen molar-refractivity contribution in [3.8, 4) is 34.0 Å². The number of para-hydroxylation sites is 2. The van der Waals surface area contributed by atoms with E-state index in [2.05, 4.69) is 181 Å². The van der Waals surface area contributed by atoms with Crippen molar-refractivity contribution in [1.29, 1.82) is 0 Å². The zero-order valence-corrected chi connectivity index (χ0v) is 28.7. The van der Waals surface area contributed by atoms with Crippen molar-refractivity contribution in [2.75, 3.05) is 4.90 Å². The van der Waals surface area contributed by atoms with Gasteiger partial charge in [-0.25, -0.2) is 9.97 Å². The SMILES string of the molecule is c1ccc(-n2ccc3ccc4c5cc(N(c6ccc(-c7ccccn7)cc6)c6ccc(-c7ncccn7)cc6)ccc5n(-c5ccccc5)c4c32)cc1. The smallest absolute Gasteiger partial charge is 0.159 e. The van der Waals surface area contributed by atoms with Crippen molar-refractivity contribution in [1.82, 2.24) is 24.1 Å². The Kier molecular flexibility index (Phi) is 7.36. The monoisotopic (exact) mass is 680 g/mol. The number of nitrogens with zero attached hydrogens (tertiary/aromatic N) is 6. The summed E-state index contributed by atoms with van der Waals surface area (Å²) in [6.07, 6.45) is 7.56. The molecule has 10 rings (SSSR count). The normalized spacial score (nSPS) is 11.4. The highest BCUT2D eigenvalue weighted by molar-refractivity contribution is 6.19. The van der Waals surface area contributed by atoms with E-state index in [1.54, 1.807) is 12.4 Å². The number of aromatic nitrogens is 5. The Bertz CT molecular complexity index is 2760. The van der Waals surface area contributed by atoms with Gasteiger partial charge < -0.3 is 14.0 Å². The Morgan fingerprint density at radius 3 is 1.77 bits per heavy atom. The number of anilines is 3. The highest BCUT2D eigenvalue weighted by Crippen LogP contribution is 2.42. The summed E-state index contributed by atoms with van der Waals surface area (Å²) >= 11 is 0. The highest BCUT2D eigenvalue weighted by atomic mass is 15.1. The Morgan fingerprint density at radius 2 is 1.08 bits per heavy atom. The summed E-state index contributed by atoms with van der Waals surface area (Å²) in [6, 6.07) is 59.8. The molecule has 10 aromatic rings. The summed E-state index contributed by atoms with van der Waals surface area (Å²) in [7, 11) is 0. The molecule has 250 valence electrons. The fourth-order valence-corrected chi connectivity index (χ4v) is 7.47. The second-order valence-corrected chi connectivity index (χ2v) is 13.0. The molecule has 0 N–H and O–H groups in total. The number of benzene rings is 6. The van der Waals surface area contributed by atoms with Gasteiger partial charge in [0, 0.05) is 80.5 Å². The first kappa shape index (κ1) is 30.5. The van der Waals surface area contributed by atoms with Gasteiger partial charge in [0.25, 0.3) is 0 Å². The lowest BCUT2D eigenvalue weighted by Crippen LogP contribution is -2.10. The molecule has 0 aliphatic heterocycles. The maximum absolute atomic E-state index is 4.58. The van der Waals surface area contributed by atoms with E-state index in [4.69, 9.17) is 0 Å². The molecule has 0 radical (unpaired) electrons. The average molecular weight is 681 g/mol. The van der Waals surface area contributed by atoms with Crippen LogP contribution in [0.2, 0.25) is 0 Å². The lowest BCUT2D eigenvalue weighted by molar-refractivity contribution is 1.12. The topological polar surface area (TPSA) is 51.8 Å². The predicted molar refractivity (Wildman–Crippen MR) is 217 cm³/mol. The summed E-state index contributed by atoms with van der Waals surface area (Å²) in [5, 5.41) is 3.56. The van der Waals surface area contributed by atoms with E-state index in [1.165, 1.54) is 27.2 Å². The largest absolute Gasteiger partial charge is 0.315 e.